The van der Waals surface area contributed by atoms with E-state index in [9.17, 15) is 28.8 Å². The number of benzene rings is 1. The zero-order valence-electron chi connectivity index (χ0n) is 19.9. The van der Waals surface area contributed by atoms with Crippen molar-refractivity contribution in [3.63, 3.8) is 0 Å². The average Bonchev–Trinajstić information content (AvgIpc) is 2.79. The summed E-state index contributed by atoms with van der Waals surface area (Å²) in [4.78, 5) is 72.6. The fraction of sp³-hybridized carbons (Fsp3) is 0.417. The molecular weight excluding hydrogens is 480 g/mol. The predicted octanol–water partition coefficient (Wildman–Crippen LogP) is 1.05. The number of fused-ring (bicyclic) bond motifs is 1. The molecule has 1 saturated heterocycles. The molecule has 1 aliphatic heterocycles. The van der Waals surface area contributed by atoms with Gasteiger partial charge in [-0.1, -0.05) is 24.3 Å². The fourth-order valence-corrected chi connectivity index (χ4v) is 3.79. The number of rotatable bonds is 7. The third-order valence-corrected chi connectivity index (χ3v) is 5.11. The zero-order chi connectivity index (χ0) is 26.6. The summed E-state index contributed by atoms with van der Waals surface area (Å²) in [6.07, 6.45) is -6.32. The number of ether oxygens (including phenoxy) is 6. The third-order valence-electron chi connectivity index (χ3n) is 5.11. The van der Waals surface area contributed by atoms with E-state index in [4.69, 9.17) is 28.4 Å². The molecule has 0 amide bonds. The van der Waals surface area contributed by atoms with E-state index in [2.05, 4.69) is 0 Å². The smallest absolute Gasteiger partial charge is 0.303 e. The van der Waals surface area contributed by atoms with Gasteiger partial charge in [-0.15, -0.1) is 0 Å². The van der Waals surface area contributed by atoms with Gasteiger partial charge in [0.1, 0.15) is 12.7 Å². The summed E-state index contributed by atoms with van der Waals surface area (Å²) in [5, 5.41) is 0. The molecule has 0 radical (unpaired) electrons. The molecule has 5 unspecified atom stereocenters. The van der Waals surface area contributed by atoms with Crippen LogP contribution in [-0.4, -0.2) is 72.8 Å². The first-order valence-corrected chi connectivity index (χ1v) is 10.8. The number of Topliss-reactive ketones (excluding diaryl/α,β-unsaturated/α-hetero) is 1. The molecule has 192 valence electrons. The molecule has 0 saturated carbocycles. The number of carbonyl (C=O) groups is 6. The summed E-state index contributed by atoms with van der Waals surface area (Å²) in [7, 11) is 0. The molecule has 1 fully saturated rings. The first kappa shape index (κ1) is 26.5. The Morgan fingerprint density at radius 1 is 0.778 bits per heavy atom. The number of hydrogen-bond acceptors (Lipinski definition) is 12. The quantitative estimate of drug-likeness (QED) is 0.384. The Kier molecular flexibility index (Phi) is 8.20. The van der Waals surface area contributed by atoms with Gasteiger partial charge in [0, 0.05) is 44.9 Å². The van der Waals surface area contributed by atoms with Gasteiger partial charge >= 0.3 is 23.9 Å². The Morgan fingerprint density at radius 2 is 1.33 bits per heavy atom. The summed E-state index contributed by atoms with van der Waals surface area (Å²) in [6.45, 7) is 3.90. The van der Waals surface area contributed by atoms with Gasteiger partial charge in [0.2, 0.25) is 18.2 Å². The summed E-state index contributed by atoms with van der Waals surface area (Å²) >= 11 is 0. The van der Waals surface area contributed by atoms with Crippen LogP contribution in [0.1, 0.15) is 48.4 Å². The Bertz CT molecular complexity index is 1120. The van der Waals surface area contributed by atoms with Gasteiger partial charge in [-0.25, -0.2) is 0 Å². The topological polar surface area (TPSA) is 158 Å². The van der Waals surface area contributed by atoms with Gasteiger partial charge in [0.15, 0.2) is 23.8 Å². The van der Waals surface area contributed by atoms with E-state index in [0.717, 1.165) is 33.8 Å². The van der Waals surface area contributed by atoms with Crippen LogP contribution < -0.4 is 0 Å². The number of ketones is 2. The minimum absolute atomic E-state index is 0.0886. The van der Waals surface area contributed by atoms with Crippen molar-refractivity contribution in [1.82, 2.24) is 0 Å². The Hall–Kier alpha value is -4.06. The van der Waals surface area contributed by atoms with Crippen molar-refractivity contribution in [2.75, 3.05) is 6.61 Å². The van der Waals surface area contributed by atoms with Crippen LogP contribution in [0.3, 0.4) is 0 Å². The van der Waals surface area contributed by atoms with Crippen molar-refractivity contribution in [2.45, 2.75) is 58.4 Å². The molecule has 0 aromatic heterocycles. The van der Waals surface area contributed by atoms with Gasteiger partial charge in [-0.2, -0.15) is 0 Å². The second-order valence-corrected chi connectivity index (χ2v) is 7.93. The monoisotopic (exact) mass is 504 g/mol. The van der Waals surface area contributed by atoms with E-state index < -0.39 is 78.5 Å². The van der Waals surface area contributed by atoms with Gasteiger partial charge in [-0.3, -0.25) is 28.8 Å². The molecular formula is C24H24O12. The Morgan fingerprint density at radius 3 is 1.92 bits per heavy atom. The van der Waals surface area contributed by atoms with Crippen LogP contribution in [0.25, 0.3) is 0 Å². The van der Waals surface area contributed by atoms with Crippen LogP contribution in [0.15, 0.2) is 36.1 Å². The van der Waals surface area contributed by atoms with Crippen molar-refractivity contribution >= 4 is 35.4 Å². The van der Waals surface area contributed by atoms with Crippen LogP contribution >= 0.6 is 0 Å². The molecule has 12 nitrogen and oxygen atoms in total. The second kappa shape index (κ2) is 11.1. The van der Waals surface area contributed by atoms with E-state index in [1.807, 2.05) is 0 Å². The largest absolute Gasteiger partial charge is 0.463 e. The highest BCUT2D eigenvalue weighted by Crippen LogP contribution is 2.32. The van der Waals surface area contributed by atoms with Crippen LogP contribution in [0.4, 0.5) is 0 Å². The predicted molar refractivity (Wildman–Crippen MR) is 116 cm³/mol. The van der Waals surface area contributed by atoms with Gasteiger partial charge in [0.05, 0.1) is 0 Å². The van der Waals surface area contributed by atoms with Crippen LogP contribution in [0.5, 0.6) is 0 Å². The van der Waals surface area contributed by atoms with Crippen LogP contribution in [0, 0.1) is 0 Å². The van der Waals surface area contributed by atoms with Crippen molar-refractivity contribution in [2.24, 2.45) is 0 Å². The van der Waals surface area contributed by atoms with Gasteiger partial charge in [-0.05, 0) is 0 Å². The molecule has 5 atom stereocenters. The molecule has 12 heteroatoms. The molecule has 1 aliphatic carbocycles. The fourth-order valence-electron chi connectivity index (χ4n) is 3.79. The summed E-state index contributed by atoms with van der Waals surface area (Å²) in [5.74, 6) is -4.69. The lowest BCUT2D eigenvalue weighted by atomic mass is 9.93. The maximum absolute atomic E-state index is 13.0. The minimum Gasteiger partial charge on any atom is -0.463 e. The van der Waals surface area contributed by atoms with Gasteiger partial charge in [0.25, 0.3) is 0 Å². The highest BCUT2D eigenvalue weighted by Gasteiger charge is 2.54. The van der Waals surface area contributed by atoms with Crippen molar-refractivity contribution in [1.29, 1.82) is 0 Å². The van der Waals surface area contributed by atoms with Crippen LogP contribution in [-0.2, 0) is 47.6 Å². The van der Waals surface area contributed by atoms with E-state index in [-0.39, 0.29) is 11.1 Å². The lowest BCUT2D eigenvalue weighted by Crippen LogP contribution is -2.63. The Balaban J connectivity index is 2.01. The number of esters is 4. The van der Waals surface area contributed by atoms with E-state index >= 15 is 0 Å². The normalized spacial score (nSPS) is 25.1. The lowest BCUT2D eigenvalue weighted by molar-refractivity contribution is -0.298. The molecule has 2 aliphatic rings. The highest BCUT2D eigenvalue weighted by atomic mass is 16.7. The summed E-state index contributed by atoms with van der Waals surface area (Å²) in [6, 6.07) is 6.10. The summed E-state index contributed by atoms with van der Waals surface area (Å²) in [5.41, 5.74) is 0.266. The lowest BCUT2D eigenvalue weighted by Gasteiger charge is -2.44. The molecule has 1 aromatic carbocycles. The molecule has 1 heterocycles. The van der Waals surface area contributed by atoms with E-state index in [1.165, 1.54) is 12.1 Å². The number of carbonyl (C=O) groups excluding carboxylic acids is 6. The maximum Gasteiger partial charge on any atom is 0.303 e. The SMILES string of the molecule is CC(=O)OCC1OC(OC2=CC(=O)c3ccccc3C2=O)C(OC(C)=O)C(OC(C)=O)C1OC(C)=O. The molecule has 1 aromatic rings. The highest BCUT2D eigenvalue weighted by molar-refractivity contribution is 6.23. The molecule has 36 heavy (non-hydrogen) atoms. The number of allylic oxidation sites excluding steroid dienone is 2. The van der Waals surface area contributed by atoms with Crippen molar-refractivity contribution in [3.8, 4) is 0 Å². The molecule has 3 rings (SSSR count). The van der Waals surface area contributed by atoms with Crippen LogP contribution in [0.2, 0.25) is 0 Å². The van der Waals surface area contributed by atoms with Crippen molar-refractivity contribution in [3.05, 3.63) is 47.2 Å². The second-order valence-electron chi connectivity index (χ2n) is 7.93. The first-order valence-electron chi connectivity index (χ1n) is 10.8. The van der Waals surface area contributed by atoms with Crippen molar-refractivity contribution < 1.29 is 57.2 Å². The maximum atomic E-state index is 13.0. The standard InChI is InChI=1S/C24H24O12/c1-11(25)31-10-19-21(32-12(2)26)22(33-13(3)27)23(34-14(4)28)24(36-19)35-18-9-17(29)15-7-5-6-8-16(15)20(18)30/h5-9,19,21-24H,10H2,1-4H3. The average molecular weight is 504 g/mol. The van der Waals surface area contributed by atoms with Gasteiger partial charge < -0.3 is 28.4 Å². The number of hydrogen-bond donors (Lipinski definition) is 0. The zero-order valence-corrected chi connectivity index (χ0v) is 19.9. The Labute approximate surface area is 205 Å². The third kappa shape index (κ3) is 6.13. The minimum atomic E-state index is -1.63. The molecule has 0 bridgehead atoms. The van der Waals surface area contributed by atoms with E-state index in [1.54, 1.807) is 12.1 Å². The first-order chi connectivity index (χ1) is 17.0. The summed E-state index contributed by atoms with van der Waals surface area (Å²) < 4.78 is 32.4. The van der Waals surface area contributed by atoms with E-state index in [0.29, 0.717) is 0 Å². The molecule has 0 spiro atoms. The molecule has 0 N–H and O–H groups in total.